The second kappa shape index (κ2) is 33.0. The summed E-state index contributed by atoms with van der Waals surface area (Å²) in [5, 5.41) is 24.2. The Morgan fingerprint density at radius 2 is 1.54 bits per heavy atom. The van der Waals surface area contributed by atoms with E-state index in [0.717, 1.165) is 149 Å². The second-order valence-corrected chi connectivity index (χ2v) is 20.9. The molecule has 4 bridgehead atoms. The van der Waals surface area contributed by atoms with Crippen LogP contribution in [0.1, 0.15) is 154 Å². The van der Waals surface area contributed by atoms with Gasteiger partial charge in [0.05, 0.1) is 29.1 Å². The Hall–Kier alpha value is -8.32. The van der Waals surface area contributed by atoms with E-state index in [1.165, 1.54) is 22.4 Å². The van der Waals surface area contributed by atoms with Gasteiger partial charge in [0.25, 0.3) is 0 Å². The first-order valence-corrected chi connectivity index (χ1v) is 30.7. The van der Waals surface area contributed by atoms with Crippen LogP contribution in [0.25, 0.3) is 33.5 Å². The summed E-state index contributed by atoms with van der Waals surface area (Å²) in [6.45, 7) is 30.7. The Labute approximate surface area is 498 Å². The Bertz CT molecular complexity index is 3560. The molecule has 0 saturated carbocycles. The molecule has 0 N–H and O–H groups in total. The Morgan fingerprint density at radius 3 is 2.28 bits per heavy atom. The molecule has 8 rings (SSSR count). The third-order valence-electron chi connectivity index (χ3n) is 15.5. The van der Waals surface area contributed by atoms with Crippen molar-refractivity contribution in [2.24, 2.45) is 11.8 Å². The molecule has 1 aromatic heterocycles. The average Bonchev–Trinajstić information content (AvgIpc) is 3.99. The standard InChI is InChI=1S/C73H78N4O2.2C2H6/c1-9-13-15-27-61-30-22-31-62-28-18-20-34-69(55(8)79-73(61)62)77(65-44-37-58(51-75)38-45-65)70-47-40-56-39-46-66-52(5)60(41-42-63(70)49-56)29-23-35-71(66)76(64-32-19-17-26-57(50-74)36-43-64)48-21-14-16-33-67-54(7)78-72(68(67)25-11-3)53(6)59(12-4)24-10-2;2*1-2/h11,14,18,20-23,25-26,28-32,34,36-47,49,59,67H,6-7,9-10,12-13,15-17,19,24,27,33,35,48H2,1-5,8H3;2*1-2H3/b21-14-,25-11-,28-18?,34-20?,42-41?,43-36?,46-39?,57-26?,64-32+,69-55?;;. The summed E-state index contributed by atoms with van der Waals surface area (Å²) >= 11 is 0. The number of unbranched alkanes of at least 4 members (excludes halogenated alkanes) is 2. The van der Waals surface area contributed by atoms with Crippen LogP contribution in [0.15, 0.2) is 215 Å². The molecule has 0 amide bonds. The quantitative estimate of drug-likeness (QED) is 0.0571. The zero-order valence-corrected chi connectivity index (χ0v) is 51.5. The highest BCUT2D eigenvalue weighted by Gasteiger charge is 2.32. The molecule has 4 aromatic carbocycles. The van der Waals surface area contributed by atoms with Gasteiger partial charge in [-0.25, -0.2) is 0 Å². The van der Waals surface area contributed by atoms with Crippen LogP contribution in [-0.4, -0.2) is 11.4 Å². The average molecular weight is 1100 g/mol. The number of hydrogen-bond donors (Lipinski definition) is 0. The smallest absolute Gasteiger partial charge is 0.137 e. The van der Waals surface area contributed by atoms with Gasteiger partial charge in [-0.1, -0.05) is 196 Å². The molecule has 6 heteroatoms. The molecular weight excluding hydrogens is 1010 g/mol. The SMILES string of the molecule is C=C(C1=C(/C=C\C)C(CC/C=C\CN(C2=c3ccc4ccc(N(c5ccc(C#N)cc5)c5ccccc6cccc(CCCCC)c6oc5C)c(ccc(c3C)C=CC2)c4)/C2=C/CCC=C(C#N)C=C2)C(=C)O1)C(CC)CCC.CC.CC. The van der Waals surface area contributed by atoms with Crippen molar-refractivity contribution in [1.82, 2.24) is 4.90 Å². The highest BCUT2D eigenvalue weighted by atomic mass is 16.5. The molecule has 1 aliphatic heterocycles. The van der Waals surface area contributed by atoms with Gasteiger partial charge in [-0.05, 0) is 171 Å². The summed E-state index contributed by atoms with van der Waals surface area (Å²) in [6.07, 6.45) is 33.5. The minimum atomic E-state index is 0.0928. The molecule has 3 aliphatic rings. The lowest BCUT2D eigenvalue weighted by Crippen LogP contribution is -2.27. The van der Waals surface area contributed by atoms with Crippen molar-refractivity contribution in [1.29, 1.82) is 10.5 Å². The summed E-state index contributed by atoms with van der Waals surface area (Å²) in [5.41, 5.74) is 13.0. The van der Waals surface area contributed by atoms with Gasteiger partial charge in [0, 0.05) is 52.5 Å². The lowest BCUT2D eigenvalue weighted by Gasteiger charge is -2.28. The van der Waals surface area contributed by atoms with E-state index in [1.807, 2.05) is 64.1 Å². The molecule has 430 valence electrons. The first-order chi connectivity index (χ1) is 40.6. The molecule has 2 unspecified atom stereocenters. The van der Waals surface area contributed by atoms with Crippen LogP contribution in [0, 0.1) is 48.3 Å². The summed E-state index contributed by atoms with van der Waals surface area (Å²) in [6, 6.07) is 43.1. The largest absolute Gasteiger partial charge is 0.461 e. The van der Waals surface area contributed by atoms with Crippen molar-refractivity contribution in [2.45, 2.75) is 146 Å². The van der Waals surface area contributed by atoms with Crippen LogP contribution in [0.4, 0.5) is 17.1 Å². The molecule has 2 aliphatic carbocycles. The van der Waals surface area contributed by atoms with Crippen molar-refractivity contribution in [3.63, 3.8) is 0 Å². The third-order valence-corrected chi connectivity index (χ3v) is 15.5. The van der Waals surface area contributed by atoms with Crippen LogP contribution in [0.3, 0.4) is 0 Å². The van der Waals surface area contributed by atoms with E-state index in [4.69, 9.17) is 9.15 Å². The van der Waals surface area contributed by atoms with E-state index in [0.29, 0.717) is 30.0 Å². The zero-order valence-electron chi connectivity index (χ0n) is 51.5. The number of rotatable bonds is 20. The van der Waals surface area contributed by atoms with Crippen molar-refractivity contribution >= 4 is 50.6 Å². The van der Waals surface area contributed by atoms with Gasteiger partial charge in [-0.3, -0.25) is 0 Å². The minimum Gasteiger partial charge on any atom is -0.461 e. The molecule has 2 heterocycles. The highest BCUT2D eigenvalue weighted by Crippen LogP contribution is 2.43. The Morgan fingerprint density at radius 1 is 0.783 bits per heavy atom. The van der Waals surface area contributed by atoms with E-state index in [1.54, 1.807) is 0 Å². The molecule has 5 aromatic rings. The summed E-state index contributed by atoms with van der Waals surface area (Å²) < 4.78 is 13.5. The van der Waals surface area contributed by atoms with Gasteiger partial charge in [-0.2, -0.15) is 10.5 Å². The summed E-state index contributed by atoms with van der Waals surface area (Å²) in [4.78, 5) is 4.70. The maximum absolute atomic E-state index is 10.0. The van der Waals surface area contributed by atoms with E-state index < -0.39 is 0 Å². The van der Waals surface area contributed by atoms with Crippen molar-refractivity contribution in [2.75, 3.05) is 11.4 Å². The van der Waals surface area contributed by atoms with Gasteiger partial charge in [0.15, 0.2) is 0 Å². The van der Waals surface area contributed by atoms with Crippen molar-refractivity contribution < 1.29 is 9.15 Å². The van der Waals surface area contributed by atoms with Crippen LogP contribution in [0.2, 0.25) is 0 Å². The van der Waals surface area contributed by atoms with Crippen LogP contribution < -0.4 is 10.1 Å². The molecule has 0 spiro atoms. The van der Waals surface area contributed by atoms with E-state index >= 15 is 0 Å². The van der Waals surface area contributed by atoms with Crippen LogP contribution in [0.5, 0.6) is 0 Å². The molecule has 0 fully saturated rings. The topological polar surface area (TPSA) is 76.4 Å². The third kappa shape index (κ3) is 16.2. The van der Waals surface area contributed by atoms with Gasteiger partial charge in [-0.15, -0.1) is 0 Å². The predicted octanol–water partition coefficient (Wildman–Crippen LogP) is 21.5. The molecule has 0 saturated heterocycles. The number of para-hydroxylation sites is 1. The van der Waals surface area contributed by atoms with E-state index in [2.05, 4.69) is 210 Å². The number of hydrogen-bond acceptors (Lipinski definition) is 6. The first-order valence-electron chi connectivity index (χ1n) is 30.7. The van der Waals surface area contributed by atoms with Crippen LogP contribution in [-0.2, 0) is 11.2 Å². The van der Waals surface area contributed by atoms with Gasteiger partial charge < -0.3 is 19.0 Å². The lowest BCUT2D eigenvalue weighted by atomic mass is 9.87. The zero-order chi connectivity index (χ0) is 59.7. The van der Waals surface area contributed by atoms with E-state index in [-0.39, 0.29) is 5.92 Å². The number of fused-ring (bicyclic) bond motifs is 5. The number of benzene rings is 3. The van der Waals surface area contributed by atoms with Gasteiger partial charge in [0.2, 0.25) is 0 Å². The monoisotopic (exact) mass is 1100 g/mol. The number of nitriles is 2. The minimum absolute atomic E-state index is 0.0928. The number of nitrogens with zero attached hydrogens (tertiary/aromatic N) is 4. The number of allylic oxidation sites excluding steroid dienone is 10. The lowest BCUT2D eigenvalue weighted by molar-refractivity contribution is 0.301. The van der Waals surface area contributed by atoms with E-state index in [9.17, 15) is 10.5 Å². The first kappa shape index (κ1) is 63.9. The molecule has 6 nitrogen and oxygen atoms in total. The number of anilines is 3. The van der Waals surface area contributed by atoms with Crippen molar-refractivity contribution in [3.05, 3.63) is 244 Å². The second-order valence-electron chi connectivity index (χ2n) is 20.9. The maximum Gasteiger partial charge on any atom is 0.137 e. The fraction of sp³-hybridized carbons (Fsp3) is 0.325. The van der Waals surface area contributed by atoms with Gasteiger partial charge in [0.1, 0.15) is 22.9 Å². The normalized spacial score (nSPS) is 15.4. The number of aryl methyl sites for hydroxylation is 2. The predicted molar refractivity (Wildman–Crippen MR) is 355 cm³/mol. The Balaban J connectivity index is 0.00000271. The maximum atomic E-state index is 10.0. The fourth-order valence-corrected chi connectivity index (χ4v) is 11.2. The summed E-state index contributed by atoms with van der Waals surface area (Å²) in [5.74, 6) is 2.96. The molecule has 0 radical (unpaired) electrons. The molecule has 2 atom stereocenters. The fourth-order valence-electron chi connectivity index (χ4n) is 11.2. The Kier molecular flexibility index (Phi) is 25.4. The molecular formula is C77H90N4O2. The number of ether oxygens (including phenoxy) is 1. The van der Waals surface area contributed by atoms with Gasteiger partial charge >= 0.3 is 0 Å². The highest BCUT2D eigenvalue weighted by molar-refractivity contribution is 5.91. The van der Waals surface area contributed by atoms with Crippen molar-refractivity contribution in [3.8, 4) is 12.1 Å². The summed E-state index contributed by atoms with van der Waals surface area (Å²) in [7, 11) is 0. The molecule has 83 heavy (non-hydrogen) atoms. The van der Waals surface area contributed by atoms with Crippen LogP contribution >= 0.6 is 0 Å².